The van der Waals surface area contributed by atoms with Gasteiger partial charge >= 0.3 is 0 Å². The monoisotopic (exact) mass is 300 g/mol. The van der Waals surface area contributed by atoms with Crippen LogP contribution in [0.5, 0.6) is 0 Å². The topological polar surface area (TPSA) is 36.4 Å². The van der Waals surface area contributed by atoms with Crippen LogP contribution in [0.15, 0.2) is 41.9 Å². The third-order valence-electron chi connectivity index (χ3n) is 5.10. The molecule has 2 bridgehead atoms. The summed E-state index contributed by atoms with van der Waals surface area (Å²) in [5.74, 6) is 0.759. The number of piperidine rings is 3. The SMILES string of the molecule is O[C@@](c1ccccc1)(c1nccs1)[C@H]1CC2CCN1CC2. The number of aliphatic hydroxyl groups is 1. The predicted octanol–water partition coefficient (Wildman–Crippen LogP) is 2.86. The van der Waals surface area contributed by atoms with E-state index in [0.29, 0.717) is 0 Å². The fourth-order valence-corrected chi connectivity index (χ4v) is 4.77. The van der Waals surface area contributed by atoms with Crippen molar-refractivity contribution in [3.8, 4) is 0 Å². The molecule has 3 nitrogen and oxygen atoms in total. The maximum atomic E-state index is 11.7. The third-order valence-corrected chi connectivity index (χ3v) is 6.00. The van der Waals surface area contributed by atoms with Crippen LogP contribution in [-0.4, -0.2) is 34.1 Å². The van der Waals surface area contributed by atoms with E-state index in [-0.39, 0.29) is 6.04 Å². The smallest absolute Gasteiger partial charge is 0.156 e. The fraction of sp³-hybridized carbons (Fsp3) is 0.471. The largest absolute Gasteiger partial charge is 0.376 e. The van der Waals surface area contributed by atoms with E-state index in [2.05, 4.69) is 9.88 Å². The second-order valence-corrected chi connectivity index (χ2v) is 7.10. The van der Waals surface area contributed by atoms with Crippen LogP contribution >= 0.6 is 11.3 Å². The Hall–Kier alpha value is -1.23. The van der Waals surface area contributed by atoms with E-state index in [1.54, 1.807) is 17.5 Å². The van der Waals surface area contributed by atoms with Gasteiger partial charge in [-0.2, -0.15) is 0 Å². The first-order valence-electron chi connectivity index (χ1n) is 7.70. The fourth-order valence-electron chi connectivity index (χ4n) is 3.96. The standard InChI is InChI=1S/C17H20N2OS/c20-17(16-18-8-11-21-16,14-4-2-1-3-5-14)15-12-13-6-9-19(15)10-7-13/h1-5,8,11,13,15,20H,6-7,9-10,12H2/t15-,17-/m1/s1. The van der Waals surface area contributed by atoms with Crippen LogP contribution in [0, 0.1) is 5.92 Å². The minimum Gasteiger partial charge on any atom is -0.376 e. The number of hydrogen-bond acceptors (Lipinski definition) is 4. The molecule has 4 heteroatoms. The van der Waals surface area contributed by atoms with Crippen LogP contribution in [0.3, 0.4) is 0 Å². The zero-order valence-electron chi connectivity index (χ0n) is 12.0. The molecule has 1 aromatic carbocycles. The van der Waals surface area contributed by atoms with Gasteiger partial charge in [0.2, 0.25) is 0 Å². The van der Waals surface area contributed by atoms with Crippen molar-refractivity contribution in [2.75, 3.05) is 13.1 Å². The molecule has 110 valence electrons. The second-order valence-electron chi connectivity index (χ2n) is 6.20. The van der Waals surface area contributed by atoms with E-state index >= 15 is 0 Å². The summed E-state index contributed by atoms with van der Waals surface area (Å²) in [6.45, 7) is 2.21. The minimum absolute atomic E-state index is 0.151. The van der Waals surface area contributed by atoms with Crippen molar-refractivity contribution in [3.63, 3.8) is 0 Å². The van der Waals surface area contributed by atoms with Crippen molar-refractivity contribution in [1.29, 1.82) is 0 Å². The average molecular weight is 300 g/mol. The number of rotatable bonds is 3. The summed E-state index contributed by atoms with van der Waals surface area (Å²) in [7, 11) is 0. The van der Waals surface area contributed by atoms with Gasteiger partial charge in [0.05, 0.1) is 0 Å². The van der Waals surface area contributed by atoms with Crippen molar-refractivity contribution in [3.05, 3.63) is 52.5 Å². The maximum Gasteiger partial charge on any atom is 0.156 e. The van der Waals surface area contributed by atoms with Gasteiger partial charge in [0, 0.05) is 17.6 Å². The molecule has 0 aliphatic carbocycles. The molecular formula is C17H20N2OS. The summed E-state index contributed by atoms with van der Waals surface area (Å²) in [5.41, 5.74) is -0.00775. The van der Waals surface area contributed by atoms with Gasteiger partial charge in [-0.25, -0.2) is 4.98 Å². The molecular weight excluding hydrogens is 280 g/mol. The highest BCUT2D eigenvalue weighted by atomic mass is 32.1. The quantitative estimate of drug-likeness (QED) is 0.947. The number of nitrogens with zero attached hydrogens (tertiary/aromatic N) is 2. The van der Waals surface area contributed by atoms with Crippen LogP contribution < -0.4 is 0 Å². The van der Waals surface area contributed by atoms with Crippen molar-refractivity contribution in [2.45, 2.75) is 30.9 Å². The Bertz CT molecular complexity index is 593. The highest BCUT2D eigenvalue weighted by Crippen LogP contribution is 2.44. The van der Waals surface area contributed by atoms with E-state index < -0.39 is 5.60 Å². The normalized spacial score (nSPS) is 31.0. The van der Waals surface area contributed by atoms with Crippen LogP contribution in [-0.2, 0) is 5.60 Å². The molecule has 1 N–H and O–H groups in total. The van der Waals surface area contributed by atoms with Gasteiger partial charge in [0.1, 0.15) is 5.01 Å². The Morgan fingerprint density at radius 3 is 2.52 bits per heavy atom. The number of thiazole rings is 1. The lowest BCUT2D eigenvalue weighted by molar-refractivity contribution is -0.0746. The van der Waals surface area contributed by atoms with Gasteiger partial charge in [-0.3, -0.25) is 4.90 Å². The Balaban J connectivity index is 1.81. The summed E-state index contributed by atoms with van der Waals surface area (Å²) in [4.78, 5) is 6.93. The van der Waals surface area contributed by atoms with Crippen LogP contribution in [0.25, 0.3) is 0 Å². The van der Waals surface area contributed by atoms with Gasteiger partial charge < -0.3 is 5.11 Å². The van der Waals surface area contributed by atoms with Crippen LogP contribution in [0.4, 0.5) is 0 Å². The van der Waals surface area contributed by atoms with Crippen molar-refractivity contribution >= 4 is 11.3 Å². The number of benzene rings is 1. The zero-order chi connectivity index (χ0) is 14.3. The molecule has 3 aliphatic heterocycles. The van der Waals surface area contributed by atoms with Crippen molar-refractivity contribution in [1.82, 2.24) is 9.88 Å². The molecule has 0 saturated carbocycles. The Kier molecular flexibility index (Phi) is 3.32. The average Bonchev–Trinajstić information content (AvgIpc) is 3.11. The van der Waals surface area contributed by atoms with Gasteiger partial charge in [-0.1, -0.05) is 30.3 Å². The maximum absolute atomic E-state index is 11.7. The number of fused-ring (bicyclic) bond motifs is 3. The minimum atomic E-state index is -0.978. The second kappa shape index (κ2) is 5.20. The van der Waals surface area contributed by atoms with E-state index in [9.17, 15) is 5.11 Å². The molecule has 0 spiro atoms. The number of hydrogen-bond donors (Lipinski definition) is 1. The Labute approximate surface area is 129 Å². The van der Waals surface area contributed by atoms with E-state index in [1.807, 2.05) is 35.7 Å². The van der Waals surface area contributed by atoms with Gasteiger partial charge in [-0.05, 0) is 43.8 Å². The van der Waals surface area contributed by atoms with Crippen LogP contribution in [0.1, 0.15) is 29.8 Å². The van der Waals surface area contributed by atoms with E-state index in [1.165, 1.54) is 12.8 Å². The zero-order valence-corrected chi connectivity index (χ0v) is 12.8. The molecule has 21 heavy (non-hydrogen) atoms. The molecule has 3 aliphatic rings. The highest BCUT2D eigenvalue weighted by Gasteiger charge is 2.49. The third kappa shape index (κ3) is 2.13. The summed E-state index contributed by atoms with van der Waals surface area (Å²) >= 11 is 1.56. The molecule has 2 aromatic rings. The predicted molar refractivity (Wildman–Crippen MR) is 84.3 cm³/mol. The molecule has 2 atom stereocenters. The van der Waals surface area contributed by atoms with E-state index in [0.717, 1.165) is 36.0 Å². The van der Waals surface area contributed by atoms with Gasteiger partial charge in [0.15, 0.2) is 5.60 Å². The molecule has 1 aromatic heterocycles. The molecule has 0 amide bonds. The van der Waals surface area contributed by atoms with Crippen LogP contribution in [0.2, 0.25) is 0 Å². The summed E-state index contributed by atoms with van der Waals surface area (Å²) in [5, 5.41) is 14.5. The van der Waals surface area contributed by atoms with Gasteiger partial charge in [0.25, 0.3) is 0 Å². The van der Waals surface area contributed by atoms with E-state index in [4.69, 9.17) is 0 Å². The first-order valence-corrected chi connectivity index (χ1v) is 8.58. The summed E-state index contributed by atoms with van der Waals surface area (Å²) < 4.78 is 0. The van der Waals surface area contributed by atoms with Crippen molar-refractivity contribution in [2.24, 2.45) is 5.92 Å². The number of aromatic nitrogens is 1. The summed E-state index contributed by atoms with van der Waals surface area (Å²) in [6, 6.07) is 10.2. The molecule has 0 unspecified atom stereocenters. The highest BCUT2D eigenvalue weighted by molar-refractivity contribution is 7.09. The Morgan fingerprint density at radius 1 is 1.19 bits per heavy atom. The molecule has 3 fully saturated rings. The molecule has 0 radical (unpaired) electrons. The lowest BCUT2D eigenvalue weighted by Gasteiger charge is -2.51. The Morgan fingerprint density at radius 2 is 1.95 bits per heavy atom. The van der Waals surface area contributed by atoms with Crippen molar-refractivity contribution < 1.29 is 5.11 Å². The first kappa shape index (κ1) is 13.4. The van der Waals surface area contributed by atoms with Gasteiger partial charge in [-0.15, -0.1) is 11.3 Å². The first-order chi connectivity index (χ1) is 10.3. The lowest BCUT2D eigenvalue weighted by atomic mass is 9.74. The molecule has 5 rings (SSSR count). The lowest BCUT2D eigenvalue weighted by Crippen LogP contribution is -2.58. The summed E-state index contributed by atoms with van der Waals surface area (Å²) in [6.07, 6.45) is 5.42. The molecule has 3 saturated heterocycles. The molecule has 4 heterocycles.